The van der Waals surface area contributed by atoms with Crippen molar-refractivity contribution in [2.24, 2.45) is 0 Å². The summed E-state index contributed by atoms with van der Waals surface area (Å²) < 4.78 is 4.17. The molecule has 8 nitrogen and oxygen atoms in total. The number of esters is 1. The Hall–Kier alpha value is -1.73. The zero-order valence-corrected chi connectivity index (χ0v) is 5.76. The second-order valence-corrected chi connectivity index (χ2v) is 2.33. The summed E-state index contributed by atoms with van der Waals surface area (Å²) in [5, 5.41) is 20.5. The van der Waals surface area contributed by atoms with Gasteiger partial charge in [0.25, 0.3) is 0 Å². The molecule has 12 heavy (non-hydrogen) atoms. The molecule has 1 fully saturated rings. The van der Waals surface area contributed by atoms with Crippen LogP contribution in [0.2, 0.25) is 0 Å². The summed E-state index contributed by atoms with van der Waals surface area (Å²) in [7, 11) is 0. The Balaban J connectivity index is 2.97. The van der Waals surface area contributed by atoms with Gasteiger partial charge in [-0.1, -0.05) is 0 Å². The van der Waals surface area contributed by atoms with E-state index < -0.39 is 34.5 Å². The highest BCUT2D eigenvalue weighted by Crippen LogP contribution is 2.23. The van der Waals surface area contributed by atoms with E-state index in [4.69, 9.17) is 0 Å². The number of hydrogen-bond acceptors (Lipinski definition) is 6. The molecule has 0 bridgehead atoms. The minimum atomic E-state index is -2.46. The van der Waals surface area contributed by atoms with Gasteiger partial charge in [-0.05, 0) is 0 Å². The van der Waals surface area contributed by atoms with Crippen LogP contribution in [0, 0.1) is 20.2 Å². The van der Waals surface area contributed by atoms with Crippen LogP contribution < -0.4 is 0 Å². The lowest BCUT2D eigenvalue weighted by molar-refractivity contribution is -0.792. The van der Waals surface area contributed by atoms with Crippen LogP contribution in [-0.2, 0) is 9.53 Å². The van der Waals surface area contributed by atoms with E-state index in [1.54, 1.807) is 0 Å². The van der Waals surface area contributed by atoms with E-state index in [-0.39, 0.29) is 0 Å². The molecule has 1 aliphatic heterocycles. The van der Waals surface area contributed by atoms with Crippen LogP contribution in [-0.4, -0.2) is 28.1 Å². The monoisotopic (exact) mass is 176 g/mol. The van der Waals surface area contributed by atoms with Gasteiger partial charge in [-0.25, -0.2) is 0 Å². The van der Waals surface area contributed by atoms with Gasteiger partial charge >= 0.3 is 11.6 Å². The van der Waals surface area contributed by atoms with Gasteiger partial charge in [0.2, 0.25) is 6.61 Å². The third-order valence-electron chi connectivity index (χ3n) is 1.57. The molecule has 0 aromatic rings. The summed E-state index contributed by atoms with van der Waals surface area (Å²) in [6.07, 6.45) is -0.799. The van der Waals surface area contributed by atoms with Gasteiger partial charge in [-0.3, -0.25) is 25.0 Å². The van der Waals surface area contributed by atoms with E-state index in [1.807, 2.05) is 0 Å². The number of nitro groups is 2. The second-order valence-electron chi connectivity index (χ2n) is 2.33. The van der Waals surface area contributed by atoms with Crippen molar-refractivity contribution in [1.82, 2.24) is 0 Å². The number of carbonyl (C=O) groups excluding carboxylic acids is 1. The number of nitrogens with zero attached hydrogens (tertiary/aromatic N) is 2. The third-order valence-corrected chi connectivity index (χ3v) is 1.57. The number of cyclic esters (lactones) is 1. The second kappa shape index (κ2) is 2.40. The van der Waals surface area contributed by atoms with Crippen molar-refractivity contribution >= 4 is 5.97 Å². The van der Waals surface area contributed by atoms with Crippen LogP contribution >= 0.6 is 0 Å². The number of rotatable bonds is 2. The molecule has 8 heteroatoms. The SMILES string of the molecule is O=C1CC([N+](=O)[O-])([N+](=O)[O-])CO1. The Labute approximate surface area is 65.4 Å². The maximum absolute atomic E-state index is 10.4. The van der Waals surface area contributed by atoms with Crippen LogP contribution in [0.15, 0.2) is 0 Å². The topological polar surface area (TPSA) is 113 Å². The van der Waals surface area contributed by atoms with E-state index in [0.717, 1.165) is 0 Å². The molecular formula is C4H4N2O6. The first-order valence-electron chi connectivity index (χ1n) is 2.94. The molecule has 0 radical (unpaired) electrons. The van der Waals surface area contributed by atoms with Crippen molar-refractivity contribution in [2.75, 3.05) is 6.61 Å². The van der Waals surface area contributed by atoms with Crippen LogP contribution in [0.25, 0.3) is 0 Å². The Kier molecular flexibility index (Phi) is 1.67. The van der Waals surface area contributed by atoms with E-state index >= 15 is 0 Å². The average Bonchev–Trinajstić information content (AvgIpc) is 2.32. The van der Waals surface area contributed by atoms with Crippen LogP contribution in [0.1, 0.15) is 6.42 Å². The fourth-order valence-electron chi connectivity index (χ4n) is 0.830. The van der Waals surface area contributed by atoms with E-state index in [2.05, 4.69) is 4.74 Å². The molecule has 0 aliphatic carbocycles. The fraction of sp³-hybridized carbons (Fsp3) is 0.750. The summed E-state index contributed by atoms with van der Waals surface area (Å²) in [5.74, 6) is -0.914. The van der Waals surface area contributed by atoms with E-state index in [9.17, 15) is 25.0 Å². The van der Waals surface area contributed by atoms with Gasteiger partial charge in [-0.2, -0.15) is 0 Å². The molecule has 1 aliphatic rings. The highest BCUT2D eigenvalue weighted by Gasteiger charge is 2.63. The maximum atomic E-state index is 10.4. The predicted octanol–water partition coefficient (Wildman–Crippen LogP) is -0.817. The molecule has 1 rings (SSSR count). The van der Waals surface area contributed by atoms with E-state index in [0.29, 0.717) is 0 Å². The smallest absolute Gasteiger partial charge is 0.449 e. The Bertz CT molecular complexity index is 246. The summed E-state index contributed by atoms with van der Waals surface area (Å²) in [6.45, 7) is -0.786. The van der Waals surface area contributed by atoms with Crippen LogP contribution in [0.5, 0.6) is 0 Å². The number of ether oxygens (including phenoxy) is 1. The minimum absolute atomic E-state index is 0.786. The summed E-state index contributed by atoms with van der Waals surface area (Å²) in [5.41, 5.74) is -2.46. The highest BCUT2D eigenvalue weighted by atomic mass is 16.7. The molecular weight excluding hydrogens is 172 g/mol. The maximum Gasteiger partial charge on any atom is 0.501 e. The third kappa shape index (κ3) is 0.966. The fourth-order valence-corrected chi connectivity index (χ4v) is 0.830. The summed E-state index contributed by atoms with van der Waals surface area (Å²) in [4.78, 5) is 28.7. The van der Waals surface area contributed by atoms with Gasteiger partial charge < -0.3 is 4.74 Å². The zero-order valence-electron chi connectivity index (χ0n) is 5.76. The lowest BCUT2D eigenvalue weighted by Crippen LogP contribution is -2.46. The van der Waals surface area contributed by atoms with Crippen molar-refractivity contribution in [3.63, 3.8) is 0 Å². The van der Waals surface area contributed by atoms with E-state index in [1.165, 1.54) is 0 Å². The highest BCUT2D eigenvalue weighted by molar-refractivity contribution is 5.72. The summed E-state index contributed by atoms with van der Waals surface area (Å²) >= 11 is 0. The van der Waals surface area contributed by atoms with Crippen molar-refractivity contribution in [1.29, 1.82) is 0 Å². The first-order valence-corrected chi connectivity index (χ1v) is 2.94. The van der Waals surface area contributed by atoms with Gasteiger partial charge in [0.15, 0.2) is 6.42 Å². The van der Waals surface area contributed by atoms with Crippen molar-refractivity contribution in [2.45, 2.75) is 12.1 Å². The Morgan fingerprint density at radius 2 is 1.83 bits per heavy atom. The Morgan fingerprint density at radius 1 is 1.33 bits per heavy atom. The molecule has 0 unspecified atom stereocenters. The van der Waals surface area contributed by atoms with Crippen molar-refractivity contribution in [3.05, 3.63) is 20.2 Å². The average molecular weight is 176 g/mol. The lowest BCUT2D eigenvalue weighted by Gasteiger charge is -2.06. The van der Waals surface area contributed by atoms with Crippen molar-refractivity contribution in [3.8, 4) is 0 Å². The molecule has 0 saturated carbocycles. The number of carbonyl (C=O) groups is 1. The van der Waals surface area contributed by atoms with Gasteiger partial charge in [0, 0.05) is 0 Å². The zero-order chi connectivity index (χ0) is 9.35. The summed E-state index contributed by atoms with van der Waals surface area (Å²) in [6, 6.07) is 0. The van der Waals surface area contributed by atoms with Crippen LogP contribution in [0.3, 0.4) is 0 Å². The molecule has 0 aromatic heterocycles. The molecule has 0 aromatic carbocycles. The largest absolute Gasteiger partial charge is 0.501 e. The minimum Gasteiger partial charge on any atom is -0.449 e. The Morgan fingerprint density at radius 3 is 2.00 bits per heavy atom. The molecule has 66 valence electrons. The molecule has 0 spiro atoms. The van der Waals surface area contributed by atoms with Crippen molar-refractivity contribution < 1.29 is 19.4 Å². The van der Waals surface area contributed by atoms with Gasteiger partial charge in [0.1, 0.15) is 9.85 Å². The number of hydrogen-bond donors (Lipinski definition) is 0. The quantitative estimate of drug-likeness (QED) is 0.235. The first-order chi connectivity index (χ1) is 5.49. The normalized spacial score (nSPS) is 20.2. The first kappa shape index (κ1) is 8.37. The molecule has 0 amide bonds. The standard InChI is InChI=1S/C4H4N2O6/c7-3-1-4(2-12-3,5(8)9)6(10)11/h1-2H2. The molecule has 0 N–H and O–H groups in total. The lowest BCUT2D eigenvalue weighted by atomic mass is 10.1. The van der Waals surface area contributed by atoms with Gasteiger partial charge in [-0.15, -0.1) is 0 Å². The molecule has 0 atom stereocenters. The molecule has 1 saturated heterocycles. The predicted molar refractivity (Wildman–Crippen MR) is 32.3 cm³/mol. The molecule has 1 heterocycles. The van der Waals surface area contributed by atoms with Gasteiger partial charge in [0.05, 0.1) is 0 Å². The van der Waals surface area contributed by atoms with Crippen LogP contribution in [0.4, 0.5) is 0 Å².